The number of nitrogens with zero attached hydrogens (tertiary/aromatic N) is 1. The molecule has 17 heavy (non-hydrogen) atoms. The first kappa shape index (κ1) is 12.4. The minimum Gasteiger partial charge on any atom is -0.387 e. The number of amides is 1. The molecule has 2 heterocycles. The summed E-state index contributed by atoms with van der Waals surface area (Å²) in [4.78, 5) is 17.3. The third kappa shape index (κ3) is 2.97. The number of nitrogens with one attached hydrogen (secondary N) is 2. The molecule has 0 aromatic carbocycles. The Morgan fingerprint density at radius 2 is 2.47 bits per heavy atom. The first-order chi connectivity index (χ1) is 8.11. The first-order valence-electron chi connectivity index (χ1n) is 6.35. The van der Waals surface area contributed by atoms with E-state index in [0.717, 1.165) is 25.9 Å². The van der Waals surface area contributed by atoms with E-state index in [1.807, 2.05) is 0 Å². The van der Waals surface area contributed by atoms with Gasteiger partial charge in [-0.3, -0.25) is 4.79 Å². The normalized spacial score (nSPS) is 28.1. The second-order valence-electron chi connectivity index (χ2n) is 5.37. The highest BCUT2D eigenvalue weighted by atomic mass is 16.7. The summed E-state index contributed by atoms with van der Waals surface area (Å²) in [7, 11) is 0. The number of piperidine rings is 1. The zero-order valence-electron chi connectivity index (χ0n) is 10.6. The van der Waals surface area contributed by atoms with Crippen molar-refractivity contribution in [2.24, 2.45) is 11.1 Å². The van der Waals surface area contributed by atoms with Crippen molar-refractivity contribution in [1.82, 2.24) is 10.6 Å². The van der Waals surface area contributed by atoms with Gasteiger partial charge in [0, 0.05) is 19.5 Å². The molecule has 5 heteroatoms. The van der Waals surface area contributed by atoms with Gasteiger partial charge in [-0.05, 0) is 25.3 Å². The quantitative estimate of drug-likeness (QED) is 0.760. The van der Waals surface area contributed by atoms with Gasteiger partial charge in [0.1, 0.15) is 5.71 Å². The summed E-state index contributed by atoms with van der Waals surface area (Å²) in [6.45, 7) is 6.64. The zero-order valence-corrected chi connectivity index (χ0v) is 10.6. The standard InChI is InChI=1S/C12H21N3O2/c1-9(2)7-14-11(16)10-6-12(17-15-10)4-3-5-13-8-12/h9,13H,3-8H2,1-2H3,(H,14,16). The molecular weight excluding hydrogens is 218 g/mol. The van der Waals surface area contributed by atoms with Crippen LogP contribution in [0.25, 0.3) is 0 Å². The molecule has 0 aromatic rings. The van der Waals surface area contributed by atoms with Crippen LogP contribution in [0, 0.1) is 5.92 Å². The van der Waals surface area contributed by atoms with E-state index in [1.54, 1.807) is 0 Å². The van der Waals surface area contributed by atoms with E-state index in [4.69, 9.17) is 4.84 Å². The van der Waals surface area contributed by atoms with Crippen molar-refractivity contribution in [1.29, 1.82) is 0 Å². The Balaban J connectivity index is 1.85. The van der Waals surface area contributed by atoms with Crippen molar-refractivity contribution >= 4 is 11.6 Å². The molecule has 2 N–H and O–H groups in total. The van der Waals surface area contributed by atoms with Crippen LogP contribution in [-0.4, -0.2) is 36.9 Å². The van der Waals surface area contributed by atoms with Crippen LogP contribution in [0.5, 0.6) is 0 Å². The zero-order chi connectivity index (χ0) is 12.3. The first-order valence-corrected chi connectivity index (χ1v) is 6.35. The molecule has 2 aliphatic rings. The van der Waals surface area contributed by atoms with Gasteiger partial charge >= 0.3 is 0 Å². The van der Waals surface area contributed by atoms with Crippen LogP contribution >= 0.6 is 0 Å². The number of hydrogen-bond acceptors (Lipinski definition) is 4. The van der Waals surface area contributed by atoms with Gasteiger partial charge in [-0.2, -0.15) is 0 Å². The average molecular weight is 239 g/mol. The molecule has 1 saturated heterocycles. The Kier molecular flexibility index (Phi) is 3.66. The van der Waals surface area contributed by atoms with Gasteiger partial charge in [-0.1, -0.05) is 19.0 Å². The molecule has 1 spiro atoms. The van der Waals surface area contributed by atoms with Crippen LogP contribution in [0.3, 0.4) is 0 Å². The summed E-state index contributed by atoms with van der Waals surface area (Å²) in [5.74, 6) is 0.369. The van der Waals surface area contributed by atoms with Crippen molar-refractivity contribution < 1.29 is 9.63 Å². The minimum absolute atomic E-state index is 0.0823. The van der Waals surface area contributed by atoms with Crippen molar-refractivity contribution in [3.8, 4) is 0 Å². The topological polar surface area (TPSA) is 62.7 Å². The molecule has 0 radical (unpaired) electrons. The lowest BCUT2D eigenvalue weighted by atomic mass is 9.89. The van der Waals surface area contributed by atoms with Crippen LogP contribution in [0.1, 0.15) is 33.1 Å². The summed E-state index contributed by atoms with van der Waals surface area (Å²) >= 11 is 0. The van der Waals surface area contributed by atoms with Gasteiger partial charge in [0.15, 0.2) is 5.60 Å². The molecule has 1 unspecified atom stereocenters. The second-order valence-corrected chi connectivity index (χ2v) is 5.37. The monoisotopic (exact) mass is 239 g/mol. The highest BCUT2D eigenvalue weighted by molar-refractivity contribution is 6.39. The Labute approximate surface area is 102 Å². The molecule has 1 amide bonds. The predicted octanol–water partition coefficient (Wildman–Crippen LogP) is 0.657. The van der Waals surface area contributed by atoms with Crippen LogP contribution in [-0.2, 0) is 9.63 Å². The molecule has 1 fully saturated rings. The molecule has 1 atom stereocenters. The van der Waals surface area contributed by atoms with Crippen LogP contribution in [0.15, 0.2) is 5.16 Å². The number of rotatable bonds is 3. The molecule has 0 aliphatic carbocycles. The summed E-state index contributed by atoms with van der Waals surface area (Å²) in [5.41, 5.74) is 0.275. The average Bonchev–Trinajstić information content (AvgIpc) is 2.71. The van der Waals surface area contributed by atoms with Crippen molar-refractivity contribution in [2.45, 2.75) is 38.7 Å². The molecule has 0 saturated carbocycles. The Morgan fingerprint density at radius 1 is 1.65 bits per heavy atom. The SMILES string of the molecule is CC(C)CNC(=O)C1=NOC2(CCCNC2)C1. The highest BCUT2D eigenvalue weighted by Crippen LogP contribution is 2.30. The molecule has 2 rings (SSSR count). The maximum atomic E-state index is 11.8. The van der Waals surface area contributed by atoms with Crippen molar-refractivity contribution in [3.05, 3.63) is 0 Å². The van der Waals surface area contributed by atoms with E-state index >= 15 is 0 Å². The predicted molar refractivity (Wildman–Crippen MR) is 65.8 cm³/mol. The van der Waals surface area contributed by atoms with Gasteiger partial charge < -0.3 is 15.5 Å². The number of carbonyl (C=O) groups excluding carboxylic acids is 1. The van der Waals surface area contributed by atoms with Crippen molar-refractivity contribution in [2.75, 3.05) is 19.6 Å². The maximum Gasteiger partial charge on any atom is 0.269 e. The summed E-state index contributed by atoms with van der Waals surface area (Å²) in [6, 6.07) is 0. The van der Waals surface area contributed by atoms with Gasteiger partial charge in [-0.25, -0.2) is 0 Å². The smallest absolute Gasteiger partial charge is 0.269 e. The molecule has 0 aromatic heterocycles. The second kappa shape index (κ2) is 5.04. The highest BCUT2D eigenvalue weighted by Gasteiger charge is 2.42. The van der Waals surface area contributed by atoms with E-state index in [2.05, 4.69) is 29.6 Å². The Morgan fingerprint density at radius 3 is 3.12 bits per heavy atom. The number of oxime groups is 1. The fraction of sp³-hybridized carbons (Fsp3) is 0.833. The van der Waals surface area contributed by atoms with E-state index in [9.17, 15) is 4.79 Å². The van der Waals surface area contributed by atoms with Gasteiger partial charge in [0.2, 0.25) is 0 Å². The molecular formula is C12H21N3O2. The number of carbonyl (C=O) groups is 1. The Hall–Kier alpha value is -1.10. The summed E-state index contributed by atoms with van der Waals surface area (Å²) < 4.78 is 0. The van der Waals surface area contributed by atoms with Crippen molar-refractivity contribution in [3.63, 3.8) is 0 Å². The van der Waals surface area contributed by atoms with Crippen LogP contribution < -0.4 is 10.6 Å². The largest absolute Gasteiger partial charge is 0.387 e. The summed E-state index contributed by atoms with van der Waals surface area (Å²) in [5, 5.41) is 10.1. The maximum absolute atomic E-state index is 11.8. The molecule has 5 nitrogen and oxygen atoms in total. The van der Waals surface area contributed by atoms with Gasteiger partial charge in [0.05, 0.1) is 0 Å². The van der Waals surface area contributed by atoms with Crippen LogP contribution in [0.4, 0.5) is 0 Å². The third-order valence-corrected chi connectivity index (χ3v) is 3.21. The van der Waals surface area contributed by atoms with E-state index in [-0.39, 0.29) is 11.5 Å². The molecule has 96 valence electrons. The van der Waals surface area contributed by atoms with E-state index < -0.39 is 0 Å². The molecule has 2 aliphatic heterocycles. The molecule has 0 bridgehead atoms. The summed E-state index contributed by atoms with van der Waals surface area (Å²) in [6.07, 6.45) is 2.69. The van der Waals surface area contributed by atoms with Crippen LogP contribution in [0.2, 0.25) is 0 Å². The Bertz CT molecular complexity index is 320. The lowest BCUT2D eigenvalue weighted by molar-refractivity contribution is -0.115. The van der Waals surface area contributed by atoms with E-state index in [1.165, 1.54) is 0 Å². The fourth-order valence-corrected chi connectivity index (χ4v) is 2.21. The lowest BCUT2D eigenvalue weighted by Crippen LogP contribution is -2.46. The number of hydrogen-bond donors (Lipinski definition) is 2. The lowest BCUT2D eigenvalue weighted by Gasteiger charge is -2.30. The van der Waals surface area contributed by atoms with E-state index in [0.29, 0.717) is 24.6 Å². The third-order valence-electron chi connectivity index (χ3n) is 3.21. The van der Waals surface area contributed by atoms with Gasteiger partial charge in [0.25, 0.3) is 5.91 Å². The fourth-order valence-electron chi connectivity index (χ4n) is 2.21. The minimum atomic E-state index is -0.261. The van der Waals surface area contributed by atoms with Gasteiger partial charge in [-0.15, -0.1) is 0 Å².